The Kier molecular flexibility index (Phi) is 5.30. The maximum Gasteiger partial charge on any atom is 0.143 e. The Morgan fingerprint density at radius 2 is 2.24 bits per heavy atom. The predicted octanol–water partition coefficient (Wildman–Crippen LogP) is 3.28. The van der Waals surface area contributed by atoms with E-state index in [4.69, 9.17) is 5.26 Å². The van der Waals surface area contributed by atoms with E-state index in [1.807, 2.05) is 13.1 Å². The Labute approximate surface area is 106 Å². The Morgan fingerprint density at radius 1 is 1.53 bits per heavy atom. The van der Waals surface area contributed by atoms with Gasteiger partial charge in [0.05, 0.1) is 5.56 Å². The molecular formula is C13H17FN2S. The van der Waals surface area contributed by atoms with Crippen molar-refractivity contribution in [2.75, 3.05) is 24.0 Å². The van der Waals surface area contributed by atoms with E-state index in [2.05, 4.69) is 18.1 Å². The van der Waals surface area contributed by atoms with Gasteiger partial charge in [-0.1, -0.05) is 6.92 Å². The molecule has 0 aliphatic heterocycles. The number of halogens is 1. The van der Waals surface area contributed by atoms with E-state index < -0.39 is 5.82 Å². The minimum absolute atomic E-state index is 0.0973. The third-order valence-corrected chi connectivity index (χ3v) is 3.58. The summed E-state index contributed by atoms with van der Waals surface area (Å²) >= 11 is 1.78. The van der Waals surface area contributed by atoms with Crippen LogP contribution in [0.1, 0.15) is 18.9 Å². The molecule has 92 valence electrons. The van der Waals surface area contributed by atoms with Gasteiger partial charge in [-0.3, -0.25) is 0 Å². The first kappa shape index (κ1) is 13.9. The third-order valence-electron chi connectivity index (χ3n) is 2.86. The summed E-state index contributed by atoms with van der Waals surface area (Å²) in [6.45, 7) is 2.12. The molecule has 0 N–H and O–H groups in total. The molecule has 4 heteroatoms. The molecule has 0 aromatic heterocycles. The maximum atomic E-state index is 13.5. The Balaban J connectivity index is 2.92. The highest BCUT2D eigenvalue weighted by atomic mass is 32.2. The molecule has 0 heterocycles. The Morgan fingerprint density at radius 3 is 2.71 bits per heavy atom. The Hall–Kier alpha value is -1.21. The standard InChI is InChI=1S/C13H17FN2S/c1-4-11(9-17-3)16(2)12-6-5-10(8-15)13(14)7-12/h5-7,11H,4,9H2,1-3H3. The molecule has 0 spiro atoms. The van der Waals surface area contributed by atoms with Gasteiger partial charge in [-0.25, -0.2) is 4.39 Å². The van der Waals surface area contributed by atoms with E-state index in [0.29, 0.717) is 6.04 Å². The molecule has 1 aromatic rings. The van der Waals surface area contributed by atoms with Gasteiger partial charge < -0.3 is 4.90 Å². The zero-order chi connectivity index (χ0) is 12.8. The van der Waals surface area contributed by atoms with Gasteiger partial charge in [-0.05, 0) is 30.9 Å². The SMILES string of the molecule is CCC(CSC)N(C)c1ccc(C#N)c(F)c1. The highest BCUT2D eigenvalue weighted by Crippen LogP contribution is 2.21. The summed E-state index contributed by atoms with van der Waals surface area (Å²) in [5.74, 6) is 0.560. The van der Waals surface area contributed by atoms with E-state index in [-0.39, 0.29) is 5.56 Å². The first-order valence-corrected chi connectivity index (χ1v) is 6.94. The molecule has 1 rings (SSSR count). The molecular weight excluding hydrogens is 235 g/mol. The quantitative estimate of drug-likeness (QED) is 0.804. The van der Waals surface area contributed by atoms with Gasteiger partial charge in [0.25, 0.3) is 0 Å². The van der Waals surface area contributed by atoms with Crippen molar-refractivity contribution in [2.24, 2.45) is 0 Å². The van der Waals surface area contributed by atoms with Crippen LogP contribution in [0.15, 0.2) is 18.2 Å². The van der Waals surface area contributed by atoms with Crippen molar-refractivity contribution in [3.8, 4) is 6.07 Å². The molecule has 0 bridgehead atoms. The van der Waals surface area contributed by atoms with Crippen LogP contribution in [0.3, 0.4) is 0 Å². The van der Waals surface area contributed by atoms with Gasteiger partial charge in [0.2, 0.25) is 0 Å². The second-order valence-corrected chi connectivity index (χ2v) is 4.81. The van der Waals surface area contributed by atoms with Crippen molar-refractivity contribution in [3.05, 3.63) is 29.6 Å². The molecule has 0 amide bonds. The molecule has 17 heavy (non-hydrogen) atoms. The molecule has 1 aromatic carbocycles. The monoisotopic (exact) mass is 252 g/mol. The van der Waals surface area contributed by atoms with Crippen molar-refractivity contribution in [1.29, 1.82) is 5.26 Å². The molecule has 0 saturated heterocycles. The smallest absolute Gasteiger partial charge is 0.143 e. The topological polar surface area (TPSA) is 27.0 Å². The van der Waals surface area contributed by atoms with E-state index in [0.717, 1.165) is 17.9 Å². The zero-order valence-electron chi connectivity index (χ0n) is 10.4. The number of benzene rings is 1. The molecule has 0 aliphatic carbocycles. The molecule has 1 atom stereocenters. The van der Waals surface area contributed by atoms with Crippen molar-refractivity contribution in [1.82, 2.24) is 0 Å². The van der Waals surface area contributed by atoms with Crippen LogP contribution in [0.2, 0.25) is 0 Å². The number of anilines is 1. The summed E-state index contributed by atoms with van der Waals surface area (Å²) < 4.78 is 13.5. The lowest BCUT2D eigenvalue weighted by molar-refractivity contribution is 0.619. The van der Waals surface area contributed by atoms with E-state index in [9.17, 15) is 4.39 Å². The second kappa shape index (κ2) is 6.51. The van der Waals surface area contributed by atoms with Crippen LogP contribution < -0.4 is 4.90 Å². The lowest BCUT2D eigenvalue weighted by Gasteiger charge is -2.28. The van der Waals surface area contributed by atoms with Crippen LogP contribution in [0.25, 0.3) is 0 Å². The summed E-state index contributed by atoms with van der Waals surface area (Å²) in [6, 6.07) is 6.98. The molecule has 0 radical (unpaired) electrons. The minimum Gasteiger partial charge on any atom is -0.371 e. The number of hydrogen-bond acceptors (Lipinski definition) is 3. The average Bonchev–Trinajstić information content (AvgIpc) is 2.35. The number of rotatable bonds is 5. The van der Waals surface area contributed by atoms with E-state index >= 15 is 0 Å². The predicted molar refractivity (Wildman–Crippen MR) is 72.0 cm³/mol. The van der Waals surface area contributed by atoms with Gasteiger partial charge in [0.1, 0.15) is 11.9 Å². The van der Waals surface area contributed by atoms with Crippen LogP contribution in [0, 0.1) is 17.1 Å². The zero-order valence-corrected chi connectivity index (χ0v) is 11.2. The van der Waals surface area contributed by atoms with Crippen molar-refractivity contribution in [2.45, 2.75) is 19.4 Å². The summed E-state index contributed by atoms with van der Waals surface area (Å²) in [5.41, 5.74) is 0.919. The fraction of sp³-hybridized carbons (Fsp3) is 0.462. The lowest BCUT2D eigenvalue weighted by Crippen LogP contribution is -2.33. The van der Waals surface area contributed by atoms with Gasteiger partial charge >= 0.3 is 0 Å². The first-order valence-electron chi connectivity index (χ1n) is 5.55. The van der Waals surface area contributed by atoms with Gasteiger partial charge in [-0.15, -0.1) is 0 Å². The number of nitrogens with zero attached hydrogens (tertiary/aromatic N) is 2. The summed E-state index contributed by atoms with van der Waals surface area (Å²) in [6.07, 6.45) is 3.08. The van der Waals surface area contributed by atoms with Crippen molar-refractivity contribution < 1.29 is 4.39 Å². The molecule has 1 unspecified atom stereocenters. The third kappa shape index (κ3) is 3.37. The lowest BCUT2D eigenvalue weighted by atomic mass is 10.1. The van der Waals surface area contributed by atoms with Gasteiger partial charge in [0.15, 0.2) is 0 Å². The van der Waals surface area contributed by atoms with Crippen LogP contribution in [0.4, 0.5) is 10.1 Å². The van der Waals surface area contributed by atoms with Crippen molar-refractivity contribution >= 4 is 17.4 Å². The highest BCUT2D eigenvalue weighted by Gasteiger charge is 2.14. The number of nitriles is 1. The summed E-state index contributed by atoms with van der Waals surface area (Å²) in [5, 5.41) is 8.68. The van der Waals surface area contributed by atoms with Gasteiger partial charge in [-0.2, -0.15) is 17.0 Å². The number of hydrogen-bond donors (Lipinski definition) is 0. The molecule has 0 fully saturated rings. The van der Waals surface area contributed by atoms with Crippen LogP contribution in [-0.2, 0) is 0 Å². The van der Waals surface area contributed by atoms with Crippen LogP contribution in [0.5, 0.6) is 0 Å². The maximum absolute atomic E-state index is 13.5. The minimum atomic E-state index is -0.448. The highest BCUT2D eigenvalue weighted by molar-refractivity contribution is 7.98. The second-order valence-electron chi connectivity index (χ2n) is 3.90. The van der Waals surface area contributed by atoms with Crippen molar-refractivity contribution in [3.63, 3.8) is 0 Å². The normalized spacial score (nSPS) is 11.9. The summed E-state index contributed by atoms with van der Waals surface area (Å²) in [7, 11) is 1.96. The fourth-order valence-corrected chi connectivity index (χ4v) is 2.56. The average molecular weight is 252 g/mol. The molecule has 0 saturated carbocycles. The number of thioether (sulfide) groups is 1. The summed E-state index contributed by atoms with van der Waals surface area (Å²) in [4.78, 5) is 2.07. The molecule has 2 nitrogen and oxygen atoms in total. The fourth-order valence-electron chi connectivity index (χ4n) is 1.72. The Bertz CT molecular complexity index is 414. The van der Waals surface area contributed by atoms with E-state index in [1.54, 1.807) is 17.8 Å². The first-order chi connectivity index (χ1) is 8.13. The largest absolute Gasteiger partial charge is 0.371 e. The van der Waals surface area contributed by atoms with Gasteiger partial charge in [0, 0.05) is 24.5 Å². The van der Waals surface area contributed by atoms with Crippen LogP contribution in [-0.4, -0.2) is 25.1 Å². The van der Waals surface area contributed by atoms with E-state index in [1.165, 1.54) is 12.1 Å². The van der Waals surface area contributed by atoms with Crippen LogP contribution >= 0.6 is 11.8 Å². The molecule has 0 aliphatic rings.